The summed E-state index contributed by atoms with van der Waals surface area (Å²) in [5.74, 6) is -1.16. The minimum atomic E-state index is -1.16. The van der Waals surface area contributed by atoms with Crippen molar-refractivity contribution in [3.8, 4) is 0 Å². The molecule has 0 N–H and O–H groups in total. The fourth-order valence-electron chi connectivity index (χ4n) is 0.638. The summed E-state index contributed by atoms with van der Waals surface area (Å²) in [6.07, 6.45) is 0. The number of carboxylic acid groups (broad SMARTS) is 1. The Kier molecular flexibility index (Phi) is 2.82. The van der Waals surface area contributed by atoms with E-state index in [0.29, 0.717) is 4.48 Å². The molecule has 64 valence electrons. The van der Waals surface area contributed by atoms with Gasteiger partial charge < -0.3 is 14.4 Å². The normalized spacial score (nSPS) is 14.2. The smallest absolute Gasteiger partial charge is 0.112 e. The lowest BCUT2D eigenvalue weighted by Gasteiger charge is -2.33. The Balaban J connectivity index is 4.38. The third-order valence-electron chi connectivity index (χ3n) is 1.93. The maximum Gasteiger partial charge on any atom is 0.112 e. The first-order valence-corrected chi connectivity index (χ1v) is 3.48. The Morgan fingerprint density at radius 2 is 1.82 bits per heavy atom. The van der Waals surface area contributed by atoms with E-state index < -0.39 is 5.97 Å². The highest BCUT2D eigenvalue weighted by molar-refractivity contribution is 5.84. The molecular formula is C8H15NO2. The number of hydrogen-bond donors (Lipinski definition) is 0. The molecule has 0 aliphatic heterocycles. The molecule has 1 unspecified atom stereocenters. The van der Waals surface area contributed by atoms with E-state index in [9.17, 15) is 9.90 Å². The average Bonchev–Trinajstić information content (AvgIpc) is 1.82. The van der Waals surface area contributed by atoms with Crippen molar-refractivity contribution in [2.45, 2.75) is 13.0 Å². The molecule has 0 rings (SSSR count). The highest BCUT2D eigenvalue weighted by Crippen LogP contribution is 2.09. The molecule has 11 heavy (non-hydrogen) atoms. The molecule has 1 atom stereocenters. The highest BCUT2D eigenvalue weighted by Gasteiger charge is 2.21. The second-order valence-electron chi connectivity index (χ2n) is 3.60. The van der Waals surface area contributed by atoms with Gasteiger partial charge in [0.15, 0.2) is 0 Å². The van der Waals surface area contributed by atoms with Gasteiger partial charge in [0.25, 0.3) is 0 Å². The summed E-state index contributed by atoms with van der Waals surface area (Å²) in [6, 6.07) is -0.111. The van der Waals surface area contributed by atoms with E-state index in [-0.39, 0.29) is 11.6 Å². The van der Waals surface area contributed by atoms with Gasteiger partial charge in [0, 0.05) is 5.57 Å². The standard InChI is InChI=1S/C8H15NO2/c1-6(8(10)11)7(2)9(3,4)5/h7H,1H2,2-5H3. The summed E-state index contributed by atoms with van der Waals surface area (Å²) in [6.45, 7) is 5.26. The number of rotatable bonds is 3. The molecule has 0 aromatic rings. The van der Waals surface area contributed by atoms with Crippen LogP contribution >= 0.6 is 0 Å². The third kappa shape index (κ3) is 2.72. The molecule has 0 heterocycles. The van der Waals surface area contributed by atoms with Crippen molar-refractivity contribution in [3.63, 3.8) is 0 Å². The van der Waals surface area contributed by atoms with Crippen molar-refractivity contribution < 1.29 is 14.4 Å². The Bertz CT molecular complexity index is 179. The summed E-state index contributed by atoms with van der Waals surface area (Å²) in [4.78, 5) is 10.4. The van der Waals surface area contributed by atoms with Gasteiger partial charge in [0.1, 0.15) is 6.04 Å². The maximum absolute atomic E-state index is 10.4. The van der Waals surface area contributed by atoms with Gasteiger partial charge in [-0.15, -0.1) is 0 Å². The molecule has 0 radical (unpaired) electrons. The molecule has 3 nitrogen and oxygen atoms in total. The quantitative estimate of drug-likeness (QED) is 0.405. The van der Waals surface area contributed by atoms with Crippen LogP contribution in [0, 0.1) is 0 Å². The second-order valence-corrected chi connectivity index (χ2v) is 3.60. The molecule has 0 aromatic heterocycles. The summed E-state index contributed by atoms with van der Waals surface area (Å²) in [5.41, 5.74) is 0.150. The van der Waals surface area contributed by atoms with Crippen molar-refractivity contribution in [2.75, 3.05) is 21.1 Å². The maximum atomic E-state index is 10.4. The van der Waals surface area contributed by atoms with E-state index in [2.05, 4.69) is 6.58 Å². The zero-order valence-electron chi connectivity index (χ0n) is 7.55. The Morgan fingerprint density at radius 3 is 1.91 bits per heavy atom. The Morgan fingerprint density at radius 1 is 1.45 bits per heavy atom. The van der Waals surface area contributed by atoms with Crippen molar-refractivity contribution in [1.82, 2.24) is 0 Å². The fourth-order valence-corrected chi connectivity index (χ4v) is 0.638. The number of aliphatic carboxylic acids is 1. The first-order valence-electron chi connectivity index (χ1n) is 3.48. The van der Waals surface area contributed by atoms with Gasteiger partial charge in [-0.2, -0.15) is 0 Å². The average molecular weight is 157 g/mol. The van der Waals surface area contributed by atoms with Gasteiger partial charge in [0.2, 0.25) is 0 Å². The number of likely N-dealkylation sites (N-methyl/N-ethyl adjacent to an activating group) is 1. The fraction of sp³-hybridized carbons (Fsp3) is 0.625. The molecule has 0 amide bonds. The van der Waals surface area contributed by atoms with E-state index in [1.807, 2.05) is 28.1 Å². The first kappa shape index (κ1) is 10.2. The number of quaternary nitrogens is 1. The molecule has 0 aliphatic rings. The Labute approximate surface area is 67.5 Å². The van der Waals surface area contributed by atoms with Crippen LogP contribution < -0.4 is 5.11 Å². The minimum Gasteiger partial charge on any atom is -0.545 e. The van der Waals surface area contributed by atoms with Crippen LogP contribution in [0.25, 0.3) is 0 Å². The monoisotopic (exact) mass is 157 g/mol. The zero-order valence-corrected chi connectivity index (χ0v) is 7.55. The molecule has 0 aliphatic carbocycles. The lowest BCUT2D eigenvalue weighted by Crippen LogP contribution is -2.47. The molecule has 0 spiro atoms. The summed E-state index contributed by atoms with van der Waals surface area (Å²) in [7, 11) is 5.75. The number of nitrogens with zero attached hydrogens (tertiary/aromatic N) is 1. The molecular weight excluding hydrogens is 142 g/mol. The second kappa shape index (κ2) is 3.05. The minimum absolute atomic E-state index is 0.111. The van der Waals surface area contributed by atoms with Crippen LogP contribution in [0.1, 0.15) is 6.92 Å². The van der Waals surface area contributed by atoms with Gasteiger partial charge >= 0.3 is 0 Å². The van der Waals surface area contributed by atoms with E-state index in [1.165, 1.54) is 0 Å². The van der Waals surface area contributed by atoms with E-state index in [4.69, 9.17) is 0 Å². The van der Waals surface area contributed by atoms with Gasteiger partial charge in [-0.1, -0.05) is 6.58 Å². The Hall–Kier alpha value is -0.830. The number of carbonyl (C=O) groups excluding carboxylic acids is 1. The first-order chi connectivity index (χ1) is 4.76. The van der Waals surface area contributed by atoms with Gasteiger partial charge in [0.05, 0.1) is 27.1 Å². The largest absolute Gasteiger partial charge is 0.545 e. The van der Waals surface area contributed by atoms with Gasteiger partial charge in [-0.3, -0.25) is 0 Å². The summed E-state index contributed by atoms with van der Waals surface area (Å²) >= 11 is 0. The predicted molar refractivity (Wildman–Crippen MR) is 41.6 cm³/mol. The topological polar surface area (TPSA) is 40.1 Å². The van der Waals surface area contributed by atoms with Crippen LogP contribution in [0.15, 0.2) is 12.2 Å². The number of hydrogen-bond acceptors (Lipinski definition) is 2. The molecule has 0 aromatic carbocycles. The van der Waals surface area contributed by atoms with E-state index in [0.717, 1.165) is 0 Å². The molecule has 0 saturated heterocycles. The number of carboxylic acids is 1. The van der Waals surface area contributed by atoms with Crippen LogP contribution in [0.3, 0.4) is 0 Å². The molecule has 0 saturated carbocycles. The van der Waals surface area contributed by atoms with Crippen LogP contribution in [-0.4, -0.2) is 37.6 Å². The van der Waals surface area contributed by atoms with Crippen LogP contribution in [-0.2, 0) is 4.79 Å². The van der Waals surface area contributed by atoms with Crippen molar-refractivity contribution >= 4 is 5.97 Å². The highest BCUT2D eigenvalue weighted by atomic mass is 16.4. The molecule has 0 fully saturated rings. The van der Waals surface area contributed by atoms with Crippen LogP contribution in [0.5, 0.6) is 0 Å². The summed E-state index contributed by atoms with van der Waals surface area (Å²) in [5, 5.41) is 10.4. The van der Waals surface area contributed by atoms with Crippen LogP contribution in [0.4, 0.5) is 0 Å². The van der Waals surface area contributed by atoms with Crippen molar-refractivity contribution in [1.29, 1.82) is 0 Å². The SMILES string of the molecule is C=C(C(=O)[O-])C(C)[N+](C)(C)C. The summed E-state index contributed by atoms with van der Waals surface area (Å²) < 4.78 is 0.548. The third-order valence-corrected chi connectivity index (χ3v) is 1.93. The van der Waals surface area contributed by atoms with Crippen LogP contribution in [0.2, 0.25) is 0 Å². The van der Waals surface area contributed by atoms with Gasteiger partial charge in [-0.25, -0.2) is 0 Å². The van der Waals surface area contributed by atoms with E-state index >= 15 is 0 Å². The number of carbonyl (C=O) groups is 1. The van der Waals surface area contributed by atoms with E-state index in [1.54, 1.807) is 0 Å². The van der Waals surface area contributed by atoms with Gasteiger partial charge in [-0.05, 0) is 6.92 Å². The van der Waals surface area contributed by atoms with Crippen molar-refractivity contribution in [2.24, 2.45) is 0 Å². The zero-order chi connectivity index (χ0) is 9.23. The lowest BCUT2D eigenvalue weighted by molar-refractivity contribution is -0.888. The van der Waals surface area contributed by atoms with Crippen molar-refractivity contribution in [3.05, 3.63) is 12.2 Å². The predicted octanol–water partition coefficient (Wildman–Crippen LogP) is -0.613. The molecule has 0 bridgehead atoms. The lowest BCUT2D eigenvalue weighted by atomic mass is 10.1. The molecule has 3 heteroatoms.